The minimum atomic E-state index is -0.180. The van der Waals surface area contributed by atoms with Gasteiger partial charge in [0.15, 0.2) is 0 Å². The van der Waals surface area contributed by atoms with E-state index in [2.05, 4.69) is 9.97 Å². The fourth-order valence-corrected chi connectivity index (χ4v) is 2.86. The average Bonchev–Trinajstić information content (AvgIpc) is 2.83. The Bertz CT molecular complexity index is 585. The van der Waals surface area contributed by atoms with E-state index in [0.29, 0.717) is 5.92 Å². The van der Waals surface area contributed by atoms with Gasteiger partial charge in [-0.3, -0.25) is 9.78 Å². The lowest BCUT2D eigenvalue weighted by atomic mass is 9.85. The topological polar surface area (TPSA) is 56.5 Å². The summed E-state index contributed by atoms with van der Waals surface area (Å²) in [5, 5.41) is 0. The number of ether oxygens (including phenoxy) is 1. The Hall–Kier alpha value is -1.91. The zero-order valence-electron chi connectivity index (χ0n) is 11.0. The van der Waals surface area contributed by atoms with Crippen molar-refractivity contribution in [3.63, 3.8) is 0 Å². The van der Waals surface area contributed by atoms with Crippen LogP contribution in [0.15, 0.2) is 24.9 Å². The molecule has 100 valence electrons. The van der Waals surface area contributed by atoms with Crippen molar-refractivity contribution < 1.29 is 9.53 Å². The quantitative estimate of drug-likeness (QED) is 0.777. The second-order valence-corrected chi connectivity index (χ2v) is 5.08. The first kappa shape index (κ1) is 12.1. The van der Waals surface area contributed by atoms with Crippen molar-refractivity contribution in [2.45, 2.75) is 44.6 Å². The summed E-state index contributed by atoms with van der Waals surface area (Å²) < 4.78 is 7.27. The Morgan fingerprint density at radius 2 is 2.16 bits per heavy atom. The first-order chi connectivity index (χ1) is 9.24. The standard InChI is InChI=1S/C14H17N3O2/c1-10(18)19-12-4-2-11(3-5-12)14-13-8-15-6-7-17(13)9-16-14/h6-9,11-12H,2-5H2,1H3. The highest BCUT2D eigenvalue weighted by Crippen LogP contribution is 2.34. The fraction of sp³-hybridized carbons (Fsp3) is 0.500. The molecule has 1 aliphatic carbocycles. The van der Waals surface area contributed by atoms with Crippen molar-refractivity contribution in [3.05, 3.63) is 30.6 Å². The Balaban J connectivity index is 1.73. The van der Waals surface area contributed by atoms with Crippen molar-refractivity contribution in [1.82, 2.24) is 14.4 Å². The van der Waals surface area contributed by atoms with Gasteiger partial charge in [-0.2, -0.15) is 0 Å². The van der Waals surface area contributed by atoms with E-state index in [-0.39, 0.29) is 12.1 Å². The summed E-state index contributed by atoms with van der Waals surface area (Å²) >= 11 is 0. The van der Waals surface area contributed by atoms with Gasteiger partial charge in [-0.05, 0) is 25.7 Å². The number of aromatic nitrogens is 3. The molecule has 0 unspecified atom stereocenters. The molecule has 19 heavy (non-hydrogen) atoms. The van der Waals surface area contributed by atoms with Gasteiger partial charge in [0.25, 0.3) is 0 Å². The average molecular weight is 259 g/mol. The number of imidazole rings is 1. The summed E-state index contributed by atoms with van der Waals surface area (Å²) in [7, 11) is 0. The highest BCUT2D eigenvalue weighted by Gasteiger charge is 2.26. The molecule has 0 aliphatic heterocycles. The van der Waals surface area contributed by atoms with Gasteiger partial charge in [-0.15, -0.1) is 0 Å². The summed E-state index contributed by atoms with van der Waals surface area (Å²) in [5.74, 6) is 0.265. The maximum Gasteiger partial charge on any atom is 0.302 e. The number of hydrogen-bond donors (Lipinski definition) is 0. The van der Waals surface area contributed by atoms with E-state index >= 15 is 0 Å². The van der Waals surface area contributed by atoms with Crippen LogP contribution >= 0.6 is 0 Å². The molecule has 5 heteroatoms. The molecular weight excluding hydrogens is 242 g/mol. The zero-order chi connectivity index (χ0) is 13.2. The van der Waals surface area contributed by atoms with Crippen molar-refractivity contribution in [2.75, 3.05) is 0 Å². The summed E-state index contributed by atoms with van der Waals surface area (Å²) in [4.78, 5) is 19.6. The number of hydrogen-bond acceptors (Lipinski definition) is 4. The highest BCUT2D eigenvalue weighted by molar-refractivity contribution is 5.66. The molecule has 0 N–H and O–H groups in total. The second-order valence-electron chi connectivity index (χ2n) is 5.08. The normalized spacial score (nSPS) is 23.4. The second kappa shape index (κ2) is 4.99. The maximum absolute atomic E-state index is 11.0. The third-order valence-electron chi connectivity index (χ3n) is 3.77. The SMILES string of the molecule is CC(=O)OC1CCC(c2ncn3ccncc23)CC1. The Kier molecular flexibility index (Phi) is 3.19. The van der Waals surface area contributed by atoms with Crippen LogP contribution in [-0.2, 0) is 9.53 Å². The van der Waals surface area contributed by atoms with Crippen LogP contribution in [0.25, 0.3) is 5.52 Å². The first-order valence-corrected chi connectivity index (χ1v) is 6.68. The van der Waals surface area contributed by atoms with Gasteiger partial charge in [0.2, 0.25) is 0 Å². The molecule has 0 spiro atoms. The van der Waals surface area contributed by atoms with Crippen LogP contribution < -0.4 is 0 Å². The number of carbonyl (C=O) groups excluding carboxylic acids is 1. The lowest BCUT2D eigenvalue weighted by Crippen LogP contribution is -2.22. The van der Waals surface area contributed by atoms with Gasteiger partial charge in [-0.25, -0.2) is 4.98 Å². The van der Waals surface area contributed by atoms with Gasteiger partial charge < -0.3 is 9.14 Å². The van der Waals surface area contributed by atoms with Crippen molar-refractivity contribution in [1.29, 1.82) is 0 Å². The molecular formula is C14H17N3O2. The zero-order valence-corrected chi connectivity index (χ0v) is 11.0. The molecule has 2 aromatic rings. The molecule has 0 saturated heterocycles. The number of fused-ring (bicyclic) bond motifs is 1. The van der Waals surface area contributed by atoms with E-state index in [4.69, 9.17) is 4.74 Å². The number of rotatable bonds is 2. The van der Waals surface area contributed by atoms with Crippen molar-refractivity contribution in [3.8, 4) is 0 Å². The van der Waals surface area contributed by atoms with Crippen LogP contribution in [0, 0.1) is 0 Å². The molecule has 2 heterocycles. The molecule has 1 saturated carbocycles. The first-order valence-electron chi connectivity index (χ1n) is 6.68. The Morgan fingerprint density at radius 3 is 2.89 bits per heavy atom. The monoisotopic (exact) mass is 259 g/mol. The van der Waals surface area contributed by atoms with Crippen LogP contribution in [0.4, 0.5) is 0 Å². The molecule has 0 aromatic carbocycles. The van der Waals surface area contributed by atoms with Gasteiger partial charge in [0.1, 0.15) is 6.10 Å². The van der Waals surface area contributed by atoms with E-state index in [0.717, 1.165) is 36.9 Å². The summed E-state index contributed by atoms with van der Waals surface area (Å²) in [6.45, 7) is 1.47. The van der Waals surface area contributed by atoms with E-state index in [1.54, 1.807) is 6.20 Å². The molecule has 0 radical (unpaired) electrons. The van der Waals surface area contributed by atoms with E-state index in [9.17, 15) is 4.79 Å². The van der Waals surface area contributed by atoms with E-state index < -0.39 is 0 Å². The molecule has 5 nitrogen and oxygen atoms in total. The van der Waals surface area contributed by atoms with Crippen LogP contribution in [-0.4, -0.2) is 26.4 Å². The van der Waals surface area contributed by atoms with Crippen LogP contribution in [0.3, 0.4) is 0 Å². The molecule has 1 aliphatic rings. The van der Waals surface area contributed by atoms with Gasteiger partial charge >= 0.3 is 5.97 Å². The molecule has 3 rings (SSSR count). The third kappa shape index (κ3) is 2.45. The minimum absolute atomic E-state index is 0.0840. The third-order valence-corrected chi connectivity index (χ3v) is 3.77. The summed E-state index contributed by atoms with van der Waals surface area (Å²) in [6.07, 6.45) is 11.3. The summed E-state index contributed by atoms with van der Waals surface area (Å²) in [6, 6.07) is 0. The lowest BCUT2D eigenvalue weighted by molar-refractivity contribution is -0.147. The van der Waals surface area contributed by atoms with Crippen LogP contribution in [0.1, 0.15) is 44.2 Å². The lowest BCUT2D eigenvalue weighted by Gasteiger charge is -2.27. The van der Waals surface area contributed by atoms with E-state index in [1.807, 2.05) is 23.1 Å². The Labute approximate surface area is 111 Å². The molecule has 0 atom stereocenters. The van der Waals surface area contributed by atoms with Gasteiger partial charge in [0.05, 0.1) is 23.7 Å². The Morgan fingerprint density at radius 1 is 1.37 bits per heavy atom. The number of esters is 1. The minimum Gasteiger partial charge on any atom is -0.463 e. The summed E-state index contributed by atoms with van der Waals surface area (Å²) in [5.41, 5.74) is 2.20. The van der Waals surface area contributed by atoms with Gasteiger partial charge in [0, 0.05) is 25.2 Å². The van der Waals surface area contributed by atoms with E-state index in [1.165, 1.54) is 6.92 Å². The molecule has 1 fully saturated rings. The van der Waals surface area contributed by atoms with Crippen molar-refractivity contribution >= 4 is 11.5 Å². The maximum atomic E-state index is 11.0. The van der Waals surface area contributed by atoms with Crippen LogP contribution in [0.2, 0.25) is 0 Å². The molecule has 0 bridgehead atoms. The van der Waals surface area contributed by atoms with Crippen LogP contribution in [0.5, 0.6) is 0 Å². The largest absolute Gasteiger partial charge is 0.463 e. The van der Waals surface area contributed by atoms with Crippen molar-refractivity contribution in [2.24, 2.45) is 0 Å². The predicted octanol–water partition coefficient (Wildman–Crippen LogP) is 2.32. The van der Waals surface area contributed by atoms with Gasteiger partial charge in [-0.1, -0.05) is 0 Å². The highest BCUT2D eigenvalue weighted by atomic mass is 16.5. The molecule has 2 aromatic heterocycles. The smallest absolute Gasteiger partial charge is 0.302 e. The predicted molar refractivity (Wildman–Crippen MR) is 69.8 cm³/mol. The number of carbonyl (C=O) groups is 1. The number of nitrogens with zero attached hydrogens (tertiary/aromatic N) is 3. The fourth-order valence-electron chi connectivity index (χ4n) is 2.86. The molecule has 0 amide bonds.